The molecular formula is C11H13BrClFN2O3S. The van der Waals surface area contributed by atoms with Crippen molar-refractivity contribution in [2.45, 2.75) is 30.4 Å². The van der Waals surface area contributed by atoms with Crippen LogP contribution in [-0.4, -0.2) is 27.2 Å². The zero-order valence-electron chi connectivity index (χ0n) is 10.5. The second-order valence-corrected chi connectivity index (χ2v) is 7.37. The number of benzene rings is 1. The minimum absolute atomic E-state index is 0.0278. The maximum Gasteiger partial charge on any atom is 0.243 e. The van der Waals surface area contributed by atoms with Crippen LogP contribution in [0.2, 0.25) is 5.02 Å². The van der Waals surface area contributed by atoms with E-state index in [-0.39, 0.29) is 21.3 Å². The van der Waals surface area contributed by atoms with Gasteiger partial charge >= 0.3 is 0 Å². The number of halogens is 3. The first-order valence-corrected chi connectivity index (χ1v) is 8.46. The molecule has 1 aromatic rings. The first-order chi connectivity index (χ1) is 9.24. The average Bonchev–Trinajstić information content (AvgIpc) is 2.76. The summed E-state index contributed by atoms with van der Waals surface area (Å²) in [4.78, 5) is -0.567. The lowest BCUT2D eigenvalue weighted by Gasteiger charge is -2.17. The minimum Gasteiger partial charge on any atom is -0.395 e. The Hall–Kier alpha value is -0.410. The molecule has 1 aliphatic rings. The summed E-state index contributed by atoms with van der Waals surface area (Å²) in [7, 11) is -4.06. The Morgan fingerprint density at radius 1 is 1.60 bits per heavy atom. The number of sulfonamides is 1. The van der Waals surface area contributed by atoms with Crippen LogP contribution in [0.1, 0.15) is 13.3 Å². The van der Waals surface area contributed by atoms with Crippen molar-refractivity contribution in [2.75, 3.05) is 12.3 Å². The lowest BCUT2D eigenvalue weighted by Crippen LogP contribution is -2.39. The number of hydrogen-bond donors (Lipinski definition) is 2. The van der Waals surface area contributed by atoms with Crippen molar-refractivity contribution in [2.24, 2.45) is 0 Å². The van der Waals surface area contributed by atoms with E-state index in [1.807, 2.05) is 0 Å². The smallest absolute Gasteiger partial charge is 0.243 e. The van der Waals surface area contributed by atoms with Crippen LogP contribution in [0.15, 0.2) is 15.4 Å². The minimum atomic E-state index is -4.06. The quantitative estimate of drug-likeness (QED) is 0.616. The SMILES string of the molecule is CC1OCCC1NS(=O)(=O)c1cc(Cl)c(Br)c(N)c1F. The van der Waals surface area contributed by atoms with Crippen molar-refractivity contribution >= 4 is 43.2 Å². The summed E-state index contributed by atoms with van der Waals surface area (Å²) < 4.78 is 46.3. The van der Waals surface area contributed by atoms with Crippen molar-refractivity contribution in [1.29, 1.82) is 0 Å². The van der Waals surface area contributed by atoms with E-state index in [2.05, 4.69) is 20.7 Å². The number of ether oxygens (including phenoxy) is 1. The van der Waals surface area contributed by atoms with Crippen LogP contribution in [0.25, 0.3) is 0 Å². The highest BCUT2D eigenvalue weighted by atomic mass is 79.9. The Morgan fingerprint density at radius 2 is 2.25 bits per heavy atom. The third-order valence-corrected chi connectivity index (χ3v) is 6.00. The van der Waals surface area contributed by atoms with Crippen molar-refractivity contribution in [3.8, 4) is 0 Å². The molecule has 9 heteroatoms. The third kappa shape index (κ3) is 2.94. The van der Waals surface area contributed by atoms with Gasteiger partial charge in [-0.05, 0) is 35.3 Å². The van der Waals surface area contributed by atoms with Crippen LogP contribution < -0.4 is 10.5 Å². The van der Waals surface area contributed by atoms with Gasteiger partial charge in [-0.25, -0.2) is 17.5 Å². The summed E-state index contributed by atoms with van der Waals surface area (Å²) in [5.74, 6) is -1.03. The Balaban J connectivity index is 2.39. The second kappa shape index (κ2) is 5.76. The van der Waals surface area contributed by atoms with Gasteiger partial charge in [0, 0.05) is 6.61 Å². The van der Waals surface area contributed by atoms with E-state index in [0.717, 1.165) is 6.07 Å². The summed E-state index contributed by atoms with van der Waals surface area (Å²) in [5.41, 5.74) is 5.15. The third-order valence-electron chi connectivity index (χ3n) is 3.13. The van der Waals surface area contributed by atoms with Crippen LogP contribution in [0, 0.1) is 5.82 Å². The lowest BCUT2D eigenvalue weighted by molar-refractivity contribution is 0.117. The summed E-state index contributed by atoms with van der Waals surface area (Å²) in [6.45, 7) is 2.21. The summed E-state index contributed by atoms with van der Waals surface area (Å²) in [6, 6.07) is 0.628. The molecule has 0 radical (unpaired) electrons. The Kier molecular flexibility index (Phi) is 4.60. The fourth-order valence-electron chi connectivity index (χ4n) is 1.94. The van der Waals surface area contributed by atoms with Gasteiger partial charge in [0.05, 0.1) is 27.3 Å². The Labute approximate surface area is 129 Å². The van der Waals surface area contributed by atoms with E-state index in [1.54, 1.807) is 6.92 Å². The molecule has 0 aromatic heterocycles. The molecule has 2 rings (SSSR count). The van der Waals surface area contributed by atoms with Crippen molar-refractivity contribution in [3.05, 3.63) is 21.4 Å². The highest BCUT2D eigenvalue weighted by Gasteiger charge is 2.31. The van der Waals surface area contributed by atoms with Gasteiger partial charge in [-0.1, -0.05) is 11.6 Å². The average molecular weight is 388 g/mol. The number of nitrogen functional groups attached to an aromatic ring is 1. The highest BCUT2D eigenvalue weighted by molar-refractivity contribution is 9.10. The highest BCUT2D eigenvalue weighted by Crippen LogP contribution is 2.34. The van der Waals surface area contributed by atoms with Crippen molar-refractivity contribution in [1.82, 2.24) is 4.72 Å². The van der Waals surface area contributed by atoms with Gasteiger partial charge in [0.25, 0.3) is 0 Å². The van der Waals surface area contributed by atoms with Crippen LogP contribution >= 0.6 is 27.5 Å². The Morgan fingerprint density at radius 3 is 2.80 bits per heavy atom. The zero-order valence-corrected chi connectivity index (χ0v) is 13.6. The molecule has 1 aliphatic heterocycles. The zero-order chi connectivity index (χ0) is 15.1. The van der Waals surface area contributed by atoms with Crippen LogP contribution in [0.3, 0.4) is 0 Å². The molecule has 1 aromatic carbocycles. The number of nitrogens with two attached hydrogens (primary N) is 1. The molecule has 1 fully saturated rings. The van der Waals surface area contributed by atoms with E-state index in [9.17, 15) is 12.8 Å². The molecular weight excluding hydrogens is 375 g/mol. The van der Waals surface area contributed by atoms with Crippen molar-refractivity contribution < 1.29 is 17.5 Å². The predicted octanol–water partition coefficient (Wildman–Crippen LogP) is 2.28. The summed E-state index contributed by atoms with van der Waals surface area (Å²) >= 11 is 8.83. The van der Waals surface area contributed by atoms with E-state index < -0.39 is 26.8 Å². The number of rotatable bonds is 3. The Bertz CT molecular complexity index is 641. The maximum absolute atomic E-state index is 14.0. The molecule has 0 spiro atoms. The first kappa shape index (κ1) is 16.0. The molecule has 112 valence electrons. The molecule has 2 unspecified atom stereocenters. The summed E-state index contributed by atoms with van der Waals surface area (Å²) in [6.07, 6.45) is 0.262. The van der Waals surface area contributed by atoms with E-state index in [4.69, 9.17) is 22.1 Å². The van der Waals surface area contributed by atoms with E-state index in [0.29, 0.717) is 13.0 Å². The molecule has 0 aliphatic carbocycles. The van der Waals surface area contributed by atoms with Gasteiger partial charge in [0.2, 0.25) is 10.0 Å². The normalized spacial score (nSPS) is 23.2. The molecule has 0 bridgehead atoms. The van der Waals surface area contributed by atoms with E-state index >= 15 is 0 Å². The molecule has 2 atom stereocenters. The molecule has 5 nitrogen and oxygen atoms in total. The van der Waals surface area contributed by atoms with Gasteiger partial charge in [0.15, 0.2) is 5.82 Å². The van der Waals surface area contributed by atoms with Crippen molar-refractivity contribution in [3.63, 3.8) is 0 Å². The fraction of sp³-hybridized carbons (Fsp3) is 0.455. The standard InChI is InChI=1S/C11H13BrClFN2O3S/c1-5-7(2-3-19-5)16-20(17,18)8-4-6(13)9(12)11(15)10(8)14/h4-5,7,16H,2-3,15H2,1H3. The maximum atomic E-state index is 14.0. The topological polar surface area (TPSA) is 81.4 Å². The first-order valence-electron chi connectivity index (χ1n) is 5.81. The van der Waals surface area contributed by atoms with Crippen LogP contribution in [0.5, 0.6) is 0 Å². The van der Waals surface area contributed by atoms with Gasteiger partial charge in [-0.3, -0.25) is 0 Å². The number of anilines is 1. The van der Waals surface area contributed by atoms with Crippen LogP contribution in [0.4, 0.5) is 10.1 Å². The van der Waals surface area contributed by atoms with Crippen LogP contribution in [-0.2, 0) is 14.8 Å². The molecule has 3 N–H and O–H groups in total. The number of nitrogens with one attached hydrogen (secondary N) is 1. The fourth-order valence-corrected chi connectivity index (χ4v) is 3.96. The lowest BCUT2D eigenvalue weighted by atomic mass is 10.2. The predicted molar refractivity (Wildman–Crippen MR) is 77.7 cm³/mol. The molecule has 0 amide bonds. The van der Waals surface area contributed by atoms with Gasteiger partial charge < -0.3 is 10.5 Å². The van der Waals surface area contributed by atoms with Gasteiger partial charge in [-0.15, -0.1) is 0 Å². The van der Waals surface area contributed by atoms with Gasteiger partial charge in [-0.2, -0.15) is 0 Å². The molecule has 20 heavy (non-hydrogen) atoms. The molecule has 1 heterocycles. The monoisotopic (exact) mass is 386 g/mol. The number of hydrogen-bond acceptors (Lipinski definition) is 4. The van der Waals surface area contributed by atoms with Gasteiger partial charge in [0.1, 0.15) is 4.90 Å². The molecule has 0 saturated carbocycles. The largest absolute Gasteiger partial charge is 0.395 e. The molecule has 1 saturated heterocycles. The van der Waals surface area contributed by atoms with E-state index in [1.165, 1.54) is 0 Å². The second-order valence-electron chi connectivity index (χ2n) is 4.49. The summed E-state index contributed by atoms with van der Waals surface area (Å²) in [5, 5.41) is 0.0278.